The van der Waals surface area contributed by atoms with Crippen LogP contribution in [0.25, 0.3) is 0 Å². The van der Waals surface area contributed by atoms with Crippen molar-refractivity contribution < 1.29 is 14.7 Å². The highest BCUT2D eigenvalue weighted by Gasteiger charge is 2.65. The molecule has 1 aliphatic carbocycles. The zero-order valence-electron chi connectivity index (χ0n) is 19.7. The topological polar surface area (TPSA) is 57.6 Å². The van der Waals surface area contributed by atoms with E-state index in [2.05, 4.69) is 6.58 Å². The molecule has 2 aliphatic rings. The maximum atomic E-state index is 14.6. The monoisotopic (exact) mass is 483 g/mol. The number of amides is 2. The summed E-state index contributed by atoms with van der Waals surface area (Å²) in [5.74, 6) is -1.34. The number of rotatable bonds is 4. The van der Waals surface area contributed by atoms with Crippen LogP contribution in [-0.2, 0) is 15.0 Å². The van der Waals surface area contributed by atoms with Crippen LogP contribution in [0.5, 0.6) is 5.75 Å². The van der Waals surface area contributed by atoms with Crippen molar-refractivity contribution in [3.05, 3.63) is 118 Å². The van der Waals surface area contributed by atoms with E-state index in [1.54, 1.807) is 30.3 Å². The van der Waals surface area contributed by atoms with Crippen LogP contribution >= 0.6 is 11.6 Å². The summed E-state index contributed by atoms with van der Waals surface area (Å²) in [7, 11) is 0. The molecule has 35 heavy (non-hydrogen) atoms. The lowest BCUT2D eigenvalue weighted by atomic mass is 9.56. The molecule has 3 unspecified atom stereocenters. The molecule has 1 aliphatic heterocycles. The van der Waals surface area contributed by atoms with Gasteiger partial charge in [0, 0.05) is 10.9 Å². The van der Waals surface area contributed by atoms with Crippen molar-refractivity contribution in [2.75, 3.05) is 4.90 Å². The molecule has 0 saturated carbocycles. The number of aryl methyl sites for hydroxylation is 2. The quantitative estimate of drug-likeness (QED) is 0.437. The number of hydrogen-bond acceptors (Lipinski definition) is 3. The third kappa shape index (κ3) is 3.35. The maximum Gasteiger partial charge on any atom is 0.246 e. The fourth-order valence-electron chi connectivity index (χ4n) is 5.91. The molecule has 5 rings (SSSR count). The zero-order chi connectivity index (χ0) is 24.9. The Morgan fingerprint density at radius 2 is 1.71 bits per heavy atom. The van der Waals surface area contributed by atoms with Crippen LogP contribution < -0.4 is 4.90 Å². The molecule has 3 atom stereocenters. The number of phenolic OH excluding ortho intramolecular Hbond substituents is 1. The Labute approximate surface area is 210 Å². The van der Waals surface area contributed by atoms with Gasteiger partial charge in [-0.05, 0) is 66.3 Å². The van der Waals surface area contributed by atoms with Gasteiger partial charge < -0.3 is 5.11 Å². The standard InChI is InChI=1S/C30H26ClNO3/c1-4-20-13-14-25-28(34)32(24-12-8-11-23(31)17-24)29(35)30(25,22-9-6-5-7-10-22)26(20)21-15-18(2)27(33)19(3)16-21/h4-13,15-17,25-26,33H,1,14H2,2-3H3. The first-order chi connectivity index (χ1) is 16.8. The second-order valence-corrected chi connectivity index (χ2v) is 9.76. The number of halogens is 1. The second kappa shape index (κ2) is 8.54. The molecule has 0 spiro atoms. The molecule has 0 bridgehead atoms. The van der Waals surface area contributed by atoms with Crippen LogP contribution in [0.3, 0.4) is 0 Å². The Morgan fingerprint density at radius 1 is 1.03 bits per heavy atom. The van der Waals surface area contributed by atoms with E-state index in [0.717, 1.165) is 27.8 Å². The van der Waals surface area contributed by atoms with Gasteiger partial charge in [-0.25, -0.2) is 4.90 Å². The van der Waals surface area contributed by atoms with Crippen LogP contribution in [0, 0.1) is 19.8 Å². The molecule has 176 valence electrons. The Morgan fingerprint density at radius 3 is 2.34 bits per heavy atom. The summed E-state index contributed by atoms with van der Waals surface area (Å²) in [5, 5.41) is 10.9. The normalized spacial score (nSPS) is 23.7. The highest BCUT2D eigenvalue weighted by atomic mass is 35.5. The van der Waals surface area contributed by atoms with Gasteiger partial charge in [-0.2, -0.15) is 0 Å². The van der Waals surface area contributed by atoms with E-state index in [4.69, 9.17) is 11.6 Å². The van der Waals surface area contributed by atoms with E-state index < -0.39 is 17.3 Å². The number of phenols is 1. The number of imide groups is 1. The maximum absolute atomic E-state index is 14.6. The summed E-state index contributed by atoms with van der Waals surface area (Å²) in [6, 6.07) is 20.2. The van der Waals surface area contributed by atoms with Crippen LogP contribution in [0.15, 0.2) is 91.0 Å². The summed E-state index contributed by atoms with van der Waals surface area (Å²) in [6.45, 7) is 7.74. The molecule has 1 fully saturated rings. The van der Waals surface area contributed by atoms with Gasteiger partial charge in [0.2, 0.25) is 11.8 Å². The molecular weight excluding hydrogens is 458 g/mol. The summed E-state index contributed by atoms with van der Waals surface area (Å²) in [5.41, 5.74) is 3.28. The zero-order valence-corrected chi connectivity index (χ0v) is 20.4. The molecule has 0 aromatic heterocycles. The lowest BCUT2D eigenvalue weighted by Crippen LogP contribution is -2.48. The average molecular weight is 484 g/mol. The van der Waals surface area contributed by atoms with Crippen molar-refractivity contribution in [1.82, 2.24) is 0 Å². The SMILES string of the molecule is C=CC1=CCC2C(=O)N(c3cccc(Cl)c3)C(=O)C2(c2ccccc2)C1c1cc(C)c(O)c(C)c1. The van der Waals surface area contributed by atoms with E-state index >= 15 is 0 Å². The van der Waals surface area contributed by atoms with E-state index in [1.165, 1.54) is 4.90 Å². The van der Waals surface area contributed by atoms with Crippen molar-refractivity contribution in [1.29, 1.82) is 0 Å². The first kappa shape index (κ1) is 23.1. The van der Waals surface area contributed by atoms with E-state index in [-0.39, 0.29) is 17.6 Å². The lowest BCUT2D eigenvalue weighted by molar-refractivity contribution is -0.123. The van der Waals surface area contributed by atoms with Gasteiger partial charge in [-0.15, -0.1) is 0 Å². The Kier molecular flexibility index (Phi) is 5.65. The predicted molar refractivity (Wildman–Crippen MR) is 139 cm³/mol. The molecule has 0 radical (unpaired) electrons. The highest BCUT2D eigenvalue weighted by molar-refractivity contribution is 6.32. The minimum atomic E-state index is -1.17. The minimum absolute atomic E-state index is 0.230. The molecule has 2 amide bonds. The predicted octanol–water partition coefficient (Wildman–Crippen LogP) is 6.39. The highest BCUT2D eigenvalue weighted by Crippen LogP contribution is 2.58. The van der Waals surface area contributed by atoms with Crippen LogP contribution in [0.2, 0.25) is 5.02 Å². The minimum Gasteiger partial charge on any atom is -0.507 e. The number of benzene rings is 3. The molecule has 5 heteroatoms. The number of allylic oxidation sites excluding steroid dienone is 3. The van der Waals surface area contributed by atoms with Crippen molar-refractivity contribution in [2.24, 2.45) is 5.92 Å². The van der Waals surface area contributed by atoms with Gasteiger partial charge in [-0.3, -0.25) is 9.59 Å². The molecule has 4 nitrogen and oxygen atoms in total. The van der Waals surface area contributed by atoms with Gasteiger partial charge in [0.05, 0.1) is 17.0 Å². The van der Waals surface area contributed by atoms with Crippen molar-refractivity contribution in [3.8, 4) is 5.75 Å². The van der Waals surface area contributed by atoms with Crippen molar-refractivity contribution >= 4 is 29.1 Å². The first-order valence-corrected chi connectivity index (χ1v) is 12.0. The van der Waals surface area contributed by atoms with Gasteiger partial charge in [0.1, 0.15) is 5.75 Å². The van der Waals surface area contributed by atoms with Gasteiger partial charge in [0.25, 0.3) is 0 Å². The van der Waals surface area contributed by atoms with Crippen molar-refractivity contribution in [2.45, 2.75) is 31.6 Å². The third-order valence-electron chi connectivity index (χ3n) is 7.40. The average Bonchev–Trinajstić information content (AvgIpc) is 3.09. The van der Waals surface area contributed by atoms with Crippen LogP contribution in [-0.4, -0.2) is 16.9 Å². The van der Waals surface area contributed by atoms with Gasteiger partial charge >= 0.3 is 0 Å². The number of aromatic hydroxyl groups is 1. The first-order valence-electron chi connectivity index (χ1n) is 11.6. The second-order valence-electron chi connectivity index (χ2n) is 9.33. The van der Waals surface area contributed by atoms with Gasteiger partial charge in [-0.1, -0.05) is 78.9 Å². The molecular formula is C30H26ClNO3. The molecule has 3 aromatic carbocycles. The Bertz CT molecular complexity index is 1370. The number of fused-ring (bicyclic) bond motifs is 1. The van der Waals surface area contributed by atoms with E-state index in [1.807, 2.05) is 62.4 Å². The molecule has 3 aromatic rings. The van der Waals surface area contributed by atoms with E-state index in [0.29, 0.717) is 17.1 Å². The number of hydrogen-bond donors (Lipinski definition) is 1. The number of nitrogens with zero attached hydrogens (tertiary/aromatic N) is 1. The van der Waals surface area contributed by atoms with Crippen molar-refractivity contribution in [3.63, 3.8) is 0 Å². The van der Waals surface area contributed by atoms with Gasteiger partial charge in [0.15, 0.2) is 0 Å². The van der Waals surface area contributed by atoms with E-state index in [9.17, 15) is 14.7 Å². The molecule has 1 heterocycles. The molecule has 1 N–H and O–H groups in total. The smallest absolute Gasteiger partial charge is 0.246 e. The fraction of sp³-hybridized carbons (Fsp3) is 0.200. The Balaban J connectivity index is 1.83. The fourth-order valence-corrected chi connectivity index (χ4v) is 6.09. The number of anilines is 1. The summed E-state index contributed by atoms with van der Waals surface area (Å²) in [4.78, 5) is 29.9. The number of carbonyl (C=O) groups excluding carboxylic acids is 2. The third-order valence-corrected chi connectivity index (χ3v) is 7.64. The Hall–Kier alpha value is -3.63. The summed E-state index contributed by atoms with van der Waals surface area (Å²) >= 11 is 6.25. The van der Waals surface area contributed by atoms with Crippen LogP contribution in [0.4, 0.5) is 5.69 Å². The van der Waals surface area contributed by atoms with Crippen LogP contribution in [0.1, 0.15) is 34.6 Å². The summed E-state index contributed by atoms with van der Waals surface area (Å²) < 4.78 is 0. The molecule has 1 saturated heterocycles. The number of carbonyl (C=O) groups is 2. The largest absolute Gasteiger partial charge is 0.507 e. The summed E-state index contributed by atoms with van der Waals surface area (Å²) in [6.07, 6.45) is 4.22. The lowest BCUT2D eigenvalue weighted by Gasteiger charge is -2.43.